The molecule has 0 heterocycles. The molecule has 2 aromatic rings. The van der Waals surface area contributed by atoms with Gasteiger partial charge in [-0.15, -0.1) is 0 Å². The Morgan fingerprint density at radius 3 is 1.91 bits per heavy atom. The molecule has 0 unspecified atom stereocenters. The third-order valence-electron chi connectivity index (χ3n) is 4.12. The fourth-order valence-electron chi connectivity index (χ4n) is 2.84. The smallest absolute Gasteiger partial charge is 0.170 e. The molecule has 0 radical (unpaired) electrons. The maximum atomic E-state index is 12.0. The number of hydrogen-bond acceptors (Lipinski definition) is 7. The van der Waals surface area contributed by atoms with E-state index in [-0.39, 0.29) is 0 Å². The van der Waals surface area contributed by atoms with E-state index in [4.69, 9.17) is 18.9 Å². The number of hydrogen-bond donors (Lipinski definition) is 1. The molecule has 0 aliphatic rings. The van der Waals surface area contributed by atoms with Crippen LogP contribution in [-0.4, -0.2) is 42.1 Å². The summed E-state index contributed by atoms with van der Waals surface area (Å²) in [6, 6.07) is 10.9. The number of ether oxygens (including phenoxy) is 4. The van der Waals surface area contributed by atoms with Crippen molar-refractivity contribution < 1.29 is 27.4 Å². The summed E-state index contributed by atoms with van der Waals surface area (Å²) in [7, 11) is -0.242. The van der Waals surface area contributed by atoms with E-state index in [1.165, 1.54) is 5.41 Å². The second-order valence-corrected chi connectivity index (χ2v) is 8.33. The molecule has 0 fully saturated rings. The Bertz CT molecular complexity index is 986. The summed E-state index contributed by atoms with van der Waals surface area (Å²) < 4.78 is 45.8. The Balaban J connectivity index is 0.00000249. The van der Waals surface area contributed by atoms with E-state index in [2.05, 4.69) is 5.32 Å². The monoisotopic (exact) mass is 465 g/mol. The van der Waals surface area contributed by atoms with E-state index >= 15 is 0 Å². The minimum atomic E-state index is -3.39. The van der Waals surface area contributed by atoms with Crippen molar-refractivity contribution in [1.29, 1.82) is 0 Å². The topological polar surface area (TPSA) is 83.1 Å². The summed E-state index contributed by atoms with van der Waals surface area (Å²) in [4.78, 5) is 0. The van der Waals surface area contributed by atoms with E-state index in [1.54, 1.807) is 32.4 Å². The third-order valence-corrected chi connectivity index (χ3v) is 4.78. The molecule has 2 rings (SSSR count). The van der Waals surface area contributed by atoms with Gasteiger partial charge in [0.15, 0.2) is 32.8 Å². The van der Waals surface area contributed by atoms with Crippen molar-refractivity contribution in [2.45, 2.75) is 34.2 Å². The highest BCUT2D eigenvalue weighted by Crippen LogP contribution is 2.31. The van der Waals surface area contributed by atoms with Crippen molar-refractivity contribution in [3.63, 3.8) is 0 Å². The van der Waals surface area contributed by atoms with Gasteiger partial charge in [-0.25, -0.2) is 8.42 Å². The van der Waals surface area contributed by atoms with Crippen molar-refractivity contribution in [3.8, 4) is 23.0 Å². The molecular weight excluding hydrogens is 430 g/mol. The second kappa shape index (κ2) is 13.5. The largest absolute Gasteiger partial charge is 0.493 e. The van der Waals surface area contributed by atoms with Crippen LogP contribution in [0.5, 0.6) is 23.0 Å². The van der Waals surface area contributed by atoms with Gasteiger partial charge in [0.05, 0.1) is 38.5 Å². The first kappa shape index (κ1) is 27.2. The molecule has 32 heavy (non-hydrogen) atoms. The van der Waals surface area contributed by atoms with Gasteiger partial charge in [-0.2, -0.15) is 0 Å². The quantitative estimate of drug-likeness (QED) is 0.517. The lowest BCUT2D eigenvalue weighted by Gasteiger charge is -2.16. The van der Waals surface area contributed by atoms with Gasteiger partial charge >= 0.3 is 0 Å². The Morgan fingerprint density at radius 1 is 0.875 bits per heavy atom. The zero-order valence-electron chi connectivity index (χ0n) is 20.0. The van der Waals surface area contributed by atoms with Gasteiger partial charge in [0.1, 0.15) is 0 Å². The first-order valence-electron chi connectivity index (χ1n) is 10.6. The molecule has 0 aliphatic heterocycles. The van der Waals surface area contributed by atoms with Crippen LogP contribution in [0, 0.1) is 0 Å². The first-order chi connectivity index (χ1) is 15.3. The van der Waals surface area contributed by atoms with Crippen LogP contribution >= 0.6 is 0 Å². The minimum Gasteiger partial charge on any atom is -0.493 e. The summed E-state index contributed by atoms with van der Waals surface area (Å²) in [6.07, 6.45) is 1.15. The van der Waals surface area contributed by atoms with Gasteiger partial charge in [0.2, 0.25) is 0 Å². The number of nitrogens with one attached hydrogen (secondary N) is 1. The van der Waals surface area contributed by atoms with Crippen molar-refractivity contribution in [3.05, 3.63) is 52.9 Å². The molecule has 7 nitrogen and oxygen atoms in total. The predicted octanol–water partition coefficient (Wildman–Crippen LogP) is 4.66. The summed E-state index contributed by atoms with van der Waals surface area (Å²) in [5.41, 5.74) is 2.04. The summed E-state index contributed by atoms with van der Waals surface area (Å²) in [5, 5.41) is 4.42. The Kier molecular flexibility index (Phi) is 11.5. The highest BCUT2D eigenvalue weighted by Gasteiger charge is 2.12. The van der Waals surface area contributed by atoms with Crippen LogP contribution in [0.1, 0.15) is 38.8 Å². The van der Waals surface area contributed by atoms with Gasteiger partial charge in [-0.1, -0.05) is 19.9 Å². The molecule has 0 aliphatic carbocycles. The zero-order valence-corrected chi connectivity index (χ0v) is 20.8. The highest BCUT2D eigenvalue weighted by atomic mass is 32.2. The first-order valence-corrected chi connectivity index (χ1v) is 12.5. The molecule has 0 aromatic heterocycles. The summed E-state index contributed by atoms with van der Waals surface area (Å²) in [5.74, 6) is 2.40. The summed E-state index contributed by atoms with van der Waals surface area (Å²) in [6.45, 7) is 9.14. The molecule has 0 spiro atoms. The van der Waals surface area contributed by atoms with Crippen LogP contribution in [0.2, 0.25) is 0 Å². The average molecular weight is 466 g/mol. The van der Waals surface area contributed by atoms with Gasteiger partial charge in [-0.05, 0) is 49.7 Å². The fourth-order valence-corrected chi connectivity index (χ4v) is 3.48. The molecule has 2 aromatic carbocycles. The standard InChI is InChI=1S/C22H29NO6S.C2H6/c1-6-28-21-12-16(8-10-19(21)26-3)14-23-18(15-30(5,24)25)17-9-11-20(27-4)22(13-17)29-7-2;1-2/h8-13,15,23H,6-7,14H2,1-5H3;1-2H3/b18-15-;. The van der Waals surface area contributed by atoms with Crippen LogP contribution in [0.15, 0.2) is 41.8 Å². The lowest BCUT2D eigenvalue weighted by atomic mass is 10.1. The lowest BCUT2D eigenvalue weighted by Crippen LogP contribution is -2.14. The second-order valence-electron chi connectivity index (χ2n) is 6.43. The minimum absolute atomic E-state index is 0.390. The van der Waals surface area contributed by atoms with Crippen LogP contribution in [0.25, 0.3) is 5.70 Å². The number of methoxy groups -OCH3 is 2. The predicted molar refractivity (Wildman–Crippen MR) is 129 cm³/mol. The molecule has 8 heteroatoms. The van der Waals surface area contributed by atoms with Crippen molar-refractivity contribution in [2.24, 2.45) is 0 Å². The van der Waals surface area contributed by atoms with E-state index in [0.717, 1.165) is 11.8 Å². The fraction of sp³-hybridized carbons (Fsp3) is 0.417. The van der Waals surface area contributed by atoms with Gasteiger partial charge in [0.25, 0.3) is 0 Å². The molecule has 0 saturated carbocycles. The molecule has 178 valence electrons. The Labute approximate surface area is 192 Å². The van der Waals surface area contributed by atoms with Crippen LogP contribution < -0.4 is 24.3 Å². The van der Waals surface area contributed by atoms with Crippen molar-refractivity contribution in [2.75, 3.05) is 33.7 Å². The van der Waals surface area contributed by atoms with Gasteiger partial charge in [0, 0.05) is 18.4 Å². The van der Waals surface area contributed by atoms with E-state index in [0.29, 0.717) is 54.0 Å². The highest BCUT2D eigenvalue weighted by molar-refractivity contribution is 7.93. The van der Waals surface area contributed by atoms with Gasteiger partial charge < -0.3 is 24.3 Å². The third kappa shape index (κ3) is 8.34. The van der Waals surface area contributed by atoms with Gasteiger partial charge in [-0.3, -0.25) is 0 Å². The van der Waals surface area contributed by atoms with E-state index in [9.17, 15) is 8.42 Å². The van der Waals surface area contributed by atoms with Crippen LogP contribution in [0.3, 0.4) is 0 Å². The van der Waals surface area contributed by atoms with E-state index < -0.39 is 9.84 Å². The molecule has 0 amide bonds. The van der Waals surface area contributed by atoms with Crippen molar-refractivity contribution >= 4 is 15.5 Å². The molecule has 0 saturated heterocycles. The van der Waals surface area contributed by atoms with Crippen LogP contribution in [-0.2, 0) is 16.4 Å². The van der Waals surface area contributed by atoms with E-state index in [1.807, 2.05) is 45.9 Å². The SMILES string of the molecule is CC.CCOc1cc(CN/C(=C\S(C)(=O)=O)c2ccc(OC)c(OCC)c2)ccc1OC. The average Bonchev–Trinajstić information content (AvgIpc) is 2.78. The maximum Gasteiger partial charge on any atom is 0.170 e. The molecule has 0 atom stereocenters. The summed E-state index contributed by atoms with van der Waals surface area (Å²) >= 11 is 0. The maximum absolute atomic E-state index is 12.0. The molecule has 1 N–H and O–H groups in total. The molecule has 0 bridgehead atoms. The Hall–Kier alpha value is -2.87. The van der Waals surface area contributed by atoms with Crippen LogP contribution in [0.4, 0.5) is 0 Å². The number of sulfone groups is 1. The zero-order chi connectivity index (χ0) is 24.1. The van der Waals surface area contributed by atoms with Crippen molar-refractivity contribution in [1.82, 2.24) is 5.32 Å². The lowest BCUT2D eigenvalue weighted by molar-refractivity contribution is 0.310. The number of benzene rings is 2. The Morgan fingerprint density at radius 2 is 1.41 bits per heavy atom. The normalized spacial score (nSPS) is 11.2. The number of rotatable bonds is 11. The molecular formula is C24H35NO6S.